The Balaban J connectivity index is 0. The molecule has 0 saturated heterocycles. The third-order valence-electron chi connectivity index (χ3n) is 2.56. The summed E-state index contributed by atoms with van der Waals surface area (Å²) in [7, 11) is 0.878. The zero-order chi connectivity index (χ0) is 16.1. The van der Waals surface area contributed by atoms with Crippen LogP contribution in [0.15, 0.2) is 0 Å². The standard InChI is InChI=1S/C6H16O3SSi.C6H16O2Si/c1-7-11(8-2,9-3)6-4-5-10;1-5-7-9(3,4)8-6-2/h10H,4-6H2,1-3H3;5-6H2,1-4H3. The third-order valence-corrected chi connectivity index (χ3v) is 7.67. The minimum absolute atomic E-state index is 0.763. The summed E-state index contributed by atoms with van der Waals surface area (Å²) in [5.41, 5.74) is 0. The molecule has 0 radical (unpaired) electrons. The highest BCUT2D eigenvalue weighted by Crippen LogP contribution is 2.14. The molecule has 0 unspecified atom stereocenters. The molecule has 124 valence electrons. The van der Waals surface area contributed by atoms with Crippen molar-refractivity contribution < 1.29 is 22.1 Å². The summed E-state index contributed by atoms with van der Waals surface area (Å²) in [6, 6.07) is 0.833. The van der Waals surface area contributed by atoms with Crippen LogP contribution in [-0.4, -0.2) is 57.7 Å². The monoisotopic (exact) mass is 344 g/mol. The second kappa shape index (κ2) is 13.3. The Hall–Kier alpha value is 0.584. The van der Waals surface area contributed by atoms with E-state index in [9.17, 15) is 0 Å². The van der Waals surface area contributed by atoms with Gasteiger partial charge in [0.15, 0.2) is 0 Å². The molecular formula is C12H32O5SSi2. The van der Waals surface area contributed by atoms with Crippen molar-refractivity contribution in [3.05, 3.63) is 0 Å². The average molecular weight is 345 g/mol. The van der Waals surface area contributed by atoms with E-state index in [1.165, 1.54) is 0 Å². The van der Waals surface area contributed by atoms with E-state index in [-0.39, 0.29) is 0 Å². The van der Waals surface area contributed by atoms with Gasteiger partial charge in [0.25, 0.3) is 0 Å². The highest BCUT2D eigenvalue weighted by Gasteiger charge is 2.36. The molecule has 0 aromatic carbocycles. The highest BCUT2D eigenvalue weighted by atomic mass is 32.1. The molecule has 5 nitrogen and oxygen atoms in total. The highest BCUT2D eigenvalue weighted by molar-refractivity contribution is 7.80. The molecule has 0 spiro atoms. The molecule has 0 aliphatic carbocycles. The quantitative estimate of drug-likeness (QED) is 0.488. The Bertz CT molecular complexity index is 200. The van der Waals surface area contributed by atoms with Gasteiger partial charge in [0.05, 0.1) is 0 Å². The van der Waals surface area contributed by atoms with Crippen LogP contribution in [0.4, 0.5) is 0 Å². The molecule has 0 saturated carbocycles. The number of hydrogen-bond acceptors (Lipinski definition) is 6. The normalized spacial score (nSPS) is 12.0. The summed E-state index contributed by atoms with van der Waals surface area (Å²) < 4.78 is 26.4. The molecule has 0 atom stereocenters. The molecule has 0 amide bonds. The molecule has 8 heteroatoms. The van der Waals surface area contributed by atoms with Gasteiger partial charge in [-0.3, -0.25) is 0 Å². The predicted molar refractivity (Wildman–Crippen MR) is 90.8 cm³/mol. The van der Waals surface area contributed by atoms with Crippen molar-refractivity contribution in [3.63, 3.8) is 0 Å². The summed E-state index contributed by atoms with van der Waals surface area (Å²) in [4.78, 5) is 0. The first-order chi connectivity index (χ1) is 9.36. The fourth-order valence-electron chi connectivity index (χ4n) is 1.59. The van der Waals surface area contributed by atoms with Crippen molar-refractivity contribution in [2.75, 3.05) is 40.3 Å². The first-order valence-corrected chi connectivity index (χ1v) is 12.3. The predicted octanol–water partition coefficient (Wildman–Crippen LogP) is 2.95. The number of rotatable bonds is 10. The number of hydrogen-bond donors (Lipinski definition) is 1. The lowest BCUT2D eigenvalue weighted by Crippen LogP contribution is -2.42. The Labute approximate surface area is 132 Å². The van der Waals surface area contributed by atoms with Crippen molar-refractivity contribution in [2.24, 2.45) is 0 Å². The van der Waals surface area contributed by atoms with E-state index in [1.807, 2.05) is 13.8 Å². The van der Waals surface area contributed by atoms with Gasteiger partial charge in [0.1, 0.15) is 0 Å². The van der Waals surface area contributed by atoms with Crippen molar-refractivity contribution in [1.29, 1.82) is 0 Å². The van der Waals surface area contributed by atoms with Crippen LogP contribution < -0.4 is 0 Å². The van der Waals surface area contributed by atoms with Gasteiger partial charge in [-0.25, -0.2) is 0 Å². The van der Waals surface area contributed by atoms with Gasteiger partial charge >= 0.3 is 17.4 Å². The maximum Gasteiger partial charge on any atom is 0.500 e. The zero-order valence-electron chi connectivity index (χ0n) is 14.0. The summed E-state index contributed by atoms with van der Waals surface area (Å²) >= 11 is 4.10. The summed E-state index contributed by atoms with van der Waals surface area (Å²) in [6.45, 7) is 9.62. The largest absolute Gasteiger partial charge is 0.500 e. The van der Waals surface area contributed by atoms with Crippen molar-refractivity contribution >= 4 is 30.0 Å². The van der Waals surface area contributed by atoms with E-state index in [1.54, 1.807) is 21.3 Å². The third kappa shape index (κ3) is 11.3. The van der Waals surface area contributed by atoms with Crippen LogP contribution in [0.25, 0.3) is 0 Å². The van der Waals surface area contributed by atoms with Gasteiger partial charge in [0, 0.05) is 40.6 Å². The van der Waals surface area contributed by atoms with Gasteiger partial charge in [-0.05, 0) is 39.1 Å². The minimum Gasteiger partial charge on any atom is -0.395 e. The van der Waals surface area contributed by atoms with Crippen LogP contribution in [0.3, 0.4) is 0 Å². The maximum atomic E-state index is 5.39. The smallest absolute Gasteiger partial charge is 0.395 e. The molecule has 0 fully saturated rings. The van der Waals surface area contributed by atoms with Crippen molar-refractivity contribution in [3.8, 4) is 0 Å². The van der Waals surface area contributed by atoms with E-state index in [0.717, 1.165) is 31.4 Å². The minimum atomic E-state index is -2.29. The van der Waals surface area contributed by atoms with E-state index in [2.05, 4.69) is 25.7 Å². The Morgan fingerprint density at radius 3 is 1.50 bits per heavy atom. The molecule has 0 aromatic heterocycles. The van der Waals surface area contributed by atoms with Gasteiger partial charge in [-0.1, -0.05) is 0 Å². The Kier molecular flexibility index (Phi) is 15.2. The number of thiol groups is 1. The van der Waals surface area contributed by atoms with Crippen LogP contribution in [-0.2, 0) is 22.1 Å². The van der Waals surface area contributed by atoms with Crippen LogP contribution in [0, 0.1) is 0 Å². The zero-order valence-corrected chi connectivity index (χ0v) is 16.9. The lowest BCUT2D eigenvalue weighted by atomic mass is 10.6. The average Bonchev–Trinajstić information content (AvgIpc) is 2.41. The van der Waals surface area contributed by atoms with E-state index < -0.39 is 17.4 Å². The van der Waals surface area contributed by atoms with Crippen molar-refractivity contribution in [2.45, 2.75) is 39.4 Å². The van der Waals surface area contributed by atoms with Gasteiger partial charge < -0.3 is 22.1 Å². The summed E-state index contributed by atoms with van der Waals surface area (Å²) in [5, 5.41) is 0. The van der Waals surface area contributed by atoms with Crippen LogP contribution >= 0.6 is 12.6 Å². The van der Waals surface area contributed by atoms with E-state index in [0.29, 0.717) is 0 Å². The Morgan fingerprint density at radius 1 is 0.850 bits per heavy atom. The van der Waals surface area contributed by atoms with Crippen LogP contribution in [0.2, 0.25) is 19.1 Å². The summed E-state index contributed by atoms with van der Waals surface area (Å²) in [5.74, 6) is 0.838. The second-order valence-corrected chi connectivity index (χ2v) is 11.3. The van der Waals surface area contributed by atoms with Crippen LogP contribution in [0.5, 0.6) is 0 Å². The molecule has 0 N–H and O–H groups in total. The van der Waals surface area contributed by atoms with Gasteiger partial charge in [-0.2, -0.15) is 12.6 Å². The molecule has 20 heavy (non-hydrogen) atoms. The van der Waals surface area contributed by atoms with E-state index >= 15 is 0 Å². The molecule has 0 aliphatic rings. The molecule has 0 aromatic rings. The Morgan fingerprint density at radius 2 is 1.25 bits per heavy atom. The van der Waals surface area contributed by atoms with Crippen molar-refractivity contribution in [1.82, 2.24) is 0 Å². The van der Waals surface area contributed by atoms with Crippen LogP contribution in [0.1, 0.15) is 20.3 Å². The maximum absolute atomic E-state index is 5.39. The lowest BCUT2D eigenvalue weighted by Gasteiger charge is -2.23. The molecule has 0 rings (SSSR count). The second-order valence-electron chi connectivity index (χ2n) is 4.39. The fraction of sp³-hybridized carbons (Fsp3) is 1.00. The topological polar surface area (TPSA) is 46.2 Å². The first kappa shape index (κ1) is 22.9. The SMILES string of the molecule is CCO[Si](C)(C)OCC.CO[Si](CCCS)(OC)OC. The van der Waals surface area contributed by atoms with Gasteiger partial charge in [-0.15, -0.1) is 0 Å². The molecule has 0 heterocycles. The van der Waals surface area contributed by atoms with Gasteiger partial charge in [0.2, 0.25) is 0 Å². The fourth-order valence-corrected chi connectivity index (χ4v) is 5.24. The molecule has 0 bridgehead atoms. The lowest BCUT2D eigenvalue weighted by molar-refractivity contribution is 0.123. The summed E-state index contributed by atoms with van der Waals surface area (Å²) in [6.07, 6.45) is 0.963. The molecular weight excluding hydrogens is 312 g/mol. The first-order valence-electron chi connectivity index (χ1n) is 6.91. The van der Waals surface area contributed by atoms with E-state index in [4.69, 9.17) is 22.1 Å². The molecule has 0 aliphatic heterocycles.